The molecule has 0 radical (unpaired) electrons. The maximum Gasteiger partial charge on any atom is 0.153 e. The van der Waals surface area contributed by atoms with E-state index in [0.29, 0.717) is 0 Å². The number of aryl methyl sites for hydroxylation is 1. The molecule has 0 aliphatic rings. The molecule has 5 nitrogen and oxygen atoms in total. The van der Waals surface area contributed by atoms with Crippen molar-refractivity contribution >= 4 is 11.6 Å². The van der Waals surface area contributed by atoms with Crippen molar-refractivity contribution < 1.29 is 0 Å². The van der Waals surface area contributed by atoms with Gasteiger partial charge in [-0.3, -0.25) is 5.10 Å². The fourth-order valence-electron chi connectivity index (χ4n) is 0.978. The Labute approximate surface area is 75.2 Å². The van der Waals surface area contributed by atoms with Crippen molar-refractivity contribution in [1.29, 1.82) is 0 Å². The molecule has 0 aliphatic carbocycles. The van der Waals surface area contributed by atoms with Crippen LogP contribution in [0.2, 0.25) is 0 Å². The number of aromatic nitrogens is 4. The summed E-state index contributed by atoms with van der Waals surface area (Å²) in [6.45, 7) is 1.94. The summed E-state index contributed by atoms with van der Waals surface area (Å²) in [5, 5.41) is 9.88. The van der Waals surface area contributed by atoms with Crippen molar-refractivity contribution in [2.45, 2.75) is 6.92 Å². The van der Waals surface area contributed by atoms with Gasteiger partial charge >= 0.3 is 0 Å². The molecule has 0 saturated carbocycles. The van der Waals surface area contributed by atoms with Crippen molar-refractivity contribution in [3.8, 4) is 0 Å². The minimum Gasteiger partial charge on any atom is -0.323 e. The summed E-state index contributed by atoms with van der Waals surface area (Å²) < 4.78 is 0. The van der Waals surface area contributed by atoms with Crippen molar-refractivity contribution in [2.75, 3.05) is 5.32 Å². The summed E-state index contributed by atoms with van der Waals surface area (Å²) in [7, 11) is 0. The lowest BCUT2D eigenvalue weighted by Crippen LogP contribution is -1.93. The van der Waals surface area contributed by atoms with Crippen molar-refractivity contribution in [3.63, 3.8) is 0 Å². The second-order valence-electron chi connectivity index (χ2n) is 2.66. The number of hydrogen-bond acceptors (Lipinski definition) is 4. The Morgan fingerprint density at radius 1 is 1.38 bits per heavy atom. The van der Waals surface area contributed by atoms with Gasteiger partial charge in [0.05, 0.1) is 0 Å². The number of nitrogens with zero attached hydrogens (tertiary/aromatic N) is 3. The van der Waals surface area contributed by atoms with Gasteiger partial charge in [-0.2, -0.15) is 5.10 Å². The molecule has 0 saturated heterocycles. The zero-order chi connectivity index (χ0) is 9.10. The fourth-order valence-corrected chi connectivity index (χ4v) is 0.978. The average molecular weight is 175 g/mol. The third-order valence-electron chi connectivity index (χ3n) is 1.54. The normalized spacial score (nSPS) is 9.92. The number of hydrogen-bond donors (Lipinski definition) is 2. The van der Waals surface area contributed by atoms with Gasteiger partial charge in [0.25, 0.3) is 0 Å². The van der Waals surface area contributed by atoms with Crippen LogP contribution < -0.4 is 5.32 Å². The average Bonchev–Trinajstić information content (AvgIpc) is 2.53. The monoisotopic (exact) mass is 175 g/mol. The molecule has 0 unspecified atom stereocenters. The third kappa shape index (κ3) is 1.81. The summed E-state index contributed by atoms with van der Waals surface area (Å²) >= 11 is 0. The minimum absolute atomic E-state index is 0.738. The first kappa shape index (κ1) is 7.72. The lowest BCUT2D eigenvalue weighted by atomic mass is 10.4. The van der Waals surface area contributed by atoms with Gasteiger partial charge in [-0.25, -0.2) is 9.97 Å². The van der Waals surface area contributed by atoms with Crippen LogP contribution in [-0.2, 0) is 0 Å². The summed E-state index contributed by atoms with van der Waals surface area (Å²) in [5.74, 6) is 1.50. The summed E-state index contributed by atoms with van der Waals surface area (Å²) in [4.78, 5) is 7.82. The summed E-state index contributed by atoms with van der Waals surface area (Å²) in [6, 6.07) is 3.69. The molecule has 2 heterocycles. The second kappa shape index (κ2) is 3.22. The zero-order valence-corrected chi connectivity index (χ0v) is 7.15. The maximum atomic E-state index is 4.01. The smallest absolute Gasteiger partial charge is 0.153 e. The maximum absolute atomic E-state index is 4.01. The van der Waals surface area contributed by atoms with E-state index >= 15 is 0 Å². The molecule has 5 heteroatoms. The Hall–Kier alpha value is -1.91. The van der Waals surface area contributed by atoms with E-state index in [1.54, 1.807) is 12.3 Å². The predicted octanol–water partition coefficient (Wildman–Crippen LogP) is 1.25. The molecule has 2 N–H and O–H groups in total. The van der Waals surface area contributed by atoms with Gasteiger partial charge in [0.15, 0.2) is 5.82 Å². The molecule has 2 aromatic heterocycles. The van der Waals surface area contributed by atoms with Crippen LogP contribution in [0, 0.1) is 6.92 Å². The lowest BCUT2D eigenvalue weighted by molar-refractivity contribution is 1.05. The Morgan fingerprint density at radius 2 is 2.31 bits per heavy atom. The molecule has 2 rings (SSSR count). The minimum atomic E-state index is 0.738. The first-order chi connectivity index (χ1) is 6.34. The van der Waals surface area contributed by atoms with Crippen LogP contribution in [0.25, 0.3) is 0 Å². The SMILES string of the molecule is Cc1cc(Nc2ccncn2)n[nH]1. The standard InChI is InChI=1S/C8H9N5/c1-6-4-8(13-12-6)11-7-2-3-9-5-10-7/h2-5H,1H3,(H2,9,10,11,12,13). The van der Waals surface area contributed by atoms with Crippen LogP contribution in [-0.4, -0.2) is 20.2 Å². The number of rotatable bonds is 2. The third-order valence-corrected chi connectivity index (χ3v) is 1.54. The van der Waals surface area contributed by atoms with Crippen molar-refractivity contribution in [1.82, 2.24) is 20.2 Å². The number of H-pyrrole nitrogens is 1. The van der Waals surface area contributed by atoms with Gasteiger partial charge in [0.2, 0.25) is 0 Å². The molecule has 0 fully saturated rings. The first-order valence-electron chi connectivity index (χ1n) is 3.89. The Morgan fingerprint density at radius 3 is 2.92 bits per heavy atom. The highest BCUT2D eigenvalue weighted by Crippen LogP contribution is 2.10. The number of nitrogens with one attached hydrogen (secondary N) is 2. The topological polar surface area (TPSA) is 66.5 Å². The van der Waals surface area contributed by atoms with E-state index in [1.807, 2.05) is 13.0 Å². The van der Waals surface area contributed by atoms with E-state index in [4.69, 9.17) is 0 Å². The van der Waals surface area contributed by atoms with E-state index in [-0.39, 0.29) is 0 Å². The Kier molecular flexibility index (Phi) is 1.91. The molecule has 0 atom stereocenters. The molecule has 0 spiro atoms. The predicted molar refractivity (Wildman–Crippen MR) is 48.6 cm³/mol. The molecular weight excluding hydrogens is 166 g/mol. The van der Waals surface area contributed by atoms with Crippen LogP contribution in [0.1, 0.15) is 5.69 Å². The molecule has 2 aromatic rings. The molecular formula is C8H9N5. The highest BCUT2D eigenvalue weighted by Gasteiger charge is 1.97. The van der Waals surface area contributed by atoms with Gasteiger partial charge in [0.1, 0.15) is 12.1 Å². The molecule has 0 amide bonds. The highest BCUT2D eigenvalue weighted by atomic mass is 15.2. The number of anilines is 2. The molecule has 13 heavy (non-hydrogen) atoms. The second-order valence-corrected chi connectivity index (χ2v) is 2.66. The van der Waals surface area contributed by atoms with Gasteiger partial charge in [0, 0.05) is 18.0 Å². The Bertz CT molecular complexity index is 380. The lowest BCUT2D eigenvalue weighted by Gasteiger charge is -1.98. The quantitative estimate of drug-likeness (QED) is 0.720. The first-order valence-corrected chi connectivity index (χ1v) is 3.89. The van der Waals surface area contributed by atoms with Crippen LogP contribution in [0.15, 0.2) is 24.7 Å². The number of aromatic amines is 1. The van der Waals surface area contributed by atoms with E-state index in [2.05, 4.69) is 25.5 Å². The van der Waals surface area contributed by atoms with Crippen molar-refractivity contribution in [2.24, 2.45) is 0 Å². The summed E-state index contributed by atoms with van der Waals surface area (Å²) in [6.07, 6.45) is 3.16. The van der Waals surface area contributed by atoms with Crippen LogP contribution in [0.4, 0.5) is 11.6 Å². The van der Waals surface area contributed by atoms with E-state index in [1.165, 1.54) is 6.33 Å². The van der Waals surface area contributed by atoms with E-state index < -0.39 is 0 Å². The van der Waals surface area contributed by atoms with Gasteiger partial charge in [-0.05, 0) is 13.0 Å². The molecule has 66 valence electrons. The Balaban J connectivity index is 2.15. The van der Waals surface area contributed by atoms with Crippen LogP contribution in [0.3, 0.4) is 0 Å². The summed E-state index contributed by atoms with van der Waals surface area (Å²) in [5.41, 5.74) is 1.01. The van der Waals surface area contributed by atoms with Crippen LogP contribution in [0.5, 0.6) is 0 Å². The van der Waals surface area contributed by atoms with E-state index in [9.17, 15) is 0 Å². The van der Waals surface area contributed by atoms with Crippen LogP contribution >= 0.6 is 0 Å². The van der Waals surface area contributed by atoms with Gasteiger partial charge < -0.3 is 5.32 Å². The van der Waals surface area contributed by atoms with Crippen molar-refractivity contribution in [3.05, 3.63) is 30.4 Å². The van der Waals surface area contributed by atoms with Gasteiger partial charge in [-0.15, -0.1) is 0 Å². The molecule has 0 aromatic carbocycles. The largest absolute Gasteiger partial charge is 0.323 e. The highest BCUT2D eigenvalue weighted by molar-refractivity contribution is 5.50. The molecule has 0 aliphatic heterocycles. The van der Waals surface area contributed by atoms with E-state index in [0.717, 1.165) is 17.3 Å². The van der Waals surface area contributed by atoms with Gasteiger partial charge in [-0.1, -0.05) is 0 Å². The molecule has 0 bridgehead atoms. The zero-order valence-electron chi connectivity index (χ0n) is 7.15. The fraction of sp³-hybridized carbons (Fsp3) is 0.125.